The molecule has 1 aliphatic heterocycles. The topological polar surface area (TPSA) is 60.8 Å². The van der Waals surface area contributed by atoms with Crippen molar-refractivity contribution in [3.05, 3.63) is 21.9 Å². The molecule has 1 fully saturated rings. The molecule has 0 bridgehead atoms. The maximum absolute atomic E-state index is 11.1. The predicted molar refractivity (Wildman–Crippen MR) is 71.0 cm³/mol. The average Bonchev–Trinajstić information content (AvgIpc) is 2.78. The van der Waals surface area contributed by atoms with Gasteiger partial charge in [0.25, 0.3) is 0 Å². The lowest BCUT2D eigenvalue weighted by atomic mass is 9.95. The molecule has 1 aromatic heterocycles. The Morgan fingerprint density at radius 1 is 1.56 bits per heavy atom. The molecule has 0 amide bonds. The summed E-state index contributed by atoms with van der Waals surface area (Å²) in [5.41, 5.74) is 0.914. The minimum atomic E-state index is -0.830. The van der Waals surface area contributed by atoms with E-state index < -0.39 is 5.97 Å². The van der Waals surface area contributed by atoms with Crippen LogP contribution in [0.25, 0.3) is 0 Å². The highest BCUT2D eigenvalue weighted by Crippen LogP contribution is 2.24. The summed E-state index contributed by atoms with van der Waals surface area (Å²) in [5.74, 6) is -0.278. The van der Waals surface area contributed by atoms with Crippen LogP contribution in [-0.2, 0) is 6.54 Å². The van der Waals surface area contributed by atoms with Gasteiger partial charge >= 0.3 is 5.97 Å². The second-order valence-corrected chi connectivity index (χ2v) is 5.75. The van der Waals surface area contributed by atoms with Crippen molar-refractivity contribution < 1.29 is 15.0 Å². The van der Waals surface area contributed by atoms with Crippen molar-refractivity contribution in [3.63, 3.8) is 0 Å². The van der Waals surface area contributed by atoms with Crippen molar-refractivity contribution in [2.45, 2.75) is 25.8 Å². The molecule has 2 N–H and O–H groups in total. The maximum atomic E-state index is 11.1. The van der Waals surface area contributed by atoms with E-state index in [1.165, 1.54) is 17.8 Å². The van der Waals surface area contributed by atoms with Crippen LogP contribution in [-0.4, -0.2) is 40.8 Å². The number of carboxylic acid groups (broad SMARTS) is 1. The lowest BCUT2D eigenvalue weighted by molar-refractivity contribution is 0.0699. The molecule has 1 aromatic rings. The molecule has 0 aromatic carbocycles. The van der Waals surface area contributed by atoms with Crippen LogP contribution in [0.4, 0.5) is 0 Å². The van der Waals surface area contributed by atoms with Crippen LogP contribution in [0.5, 0.6) is 0 Å². The first-order valence-electron chi connectivity index (χ1n) is 6.33. The van der Waals surface area contributed by atoms with Crippen molar-refractivity contribution in [1.82, 2.24) is 4.90 Å². The fraction of sp³-hybridized carbons (Fsp3) is 0.615. The molecule has 0 spiro atoms. The molecule has 18 heavy (non-hydrogen) atoms. The van der Waals surface area contributed by atoms with E-state index in [9.17, 15) is 4.79 Å². The van der Waals surface area contributed by atoms with Gasteiger partial charge in [0.05, 0.1) is 0 Å². The SMILES string of the molecule is O=C(O)c1sccc1CN1CCCC(CCO)C1. The molecule has 4 nitrogen and oxygen atoms in total. The number of carboxylic acids is 1. The molecule has 0 aliphatic carbocycles. The molecule has 1 saturated heterocycles. The minimum Gasteiger partial charge on any atom is -0.477 e. The molecule has 2 rings (SSSR count). The summed E-state index contributed by atoms with van der Waals surface area (Å²) in [7, 11) is 0. The number of aromatic carboxylic acids is 1. The maximum Gasteiger partial charge on any atom is 0.346 e. The van der Waals surface area contributed by atoms with Gasteiger partial charge in [0.1, 0.15) is 4.88 Å². The number of aliphatic hydroxyl groups is 1. The van der Waals surface area contributed by atoms with Gasteiger partial charge in [0, 0.05) is 19.7 Å². The van der Waals surface area contributed by atoms with Gasteiger partial charge in [0.15, 0.2) is 0 Å². The quantitative estimate of drug-likeness (QED) is 0.858. The standard InChI is InChI=1S/C13H19NO3S/c15-6-3-10-2-1-5-14(8-10)9-11-4-7-18-12(11)13(16)17/h4,7,10,15H,1-3,5-6,8-9H2,(H,16,17). The molecular weight excluding hydrogens is 250 g/mol. The summed E-state index contributed by atoms with van der Waals surface area (Å²) in [5, 5.41) is 19.9. The number of hydrogen-bond donors (Lipinski definition) is 2. The number of thiophene rings is 1. The molecular formula is C13H19NO3S. The first-order chi connectivity index (χ1) is 8.70. The summed E-state index contributed by atoms with van der Waals surface area (Å²) >= 11 is 1.29. The second kappa shape index (κ2) is 6.31. The number of carbonyl (C=O) groups is 1. The first kappa shape index (κ1) is 13.5. The van der Waals surface area contributed by atoms with Gasteiger partial charge in [-0.2, -0.15) is 0 Å². The molecule has 1 unspecified atom stereocenters. The van der Waals surface area contributed by atoms with Crippen molar-refractivity contribution in [2.75, 3.05) is 19.7 Å². The Balaban J connectivity index is 1.96. The number of aliphatic hydroxyl groups excluding tert-OH is 1. The van der Waals surface area contributed by atoms with Crippen LogP contribution in [0.15, 0.2) is 11.4 Å². The van der Waals surface area contributed by atoms with Crippen LogP contribution in [0.3, 0.4) is 0 Å². The van der Waals surface area contributed by atoms with E-state index in [-0.39, 0.29) is 6.61 Å². The number of rotatable bonds is 5. The number of piperidine rings is 1. The lowest BCUT2D eigenvalue weighted by Gasteiger charge is -2.32. The summed E-state index contributed by atoms with van der Waals surface area (Å²) in [6, 6.07) is 1.91. The highest BCUT2D eigenvalue weighted by Gasteiger charge is 2.21. The summed E-state index contributed by atoms with van der Waals surface area (Å²) < 4.78 is 0. The molecule has 0 radical (unpaired) electrons. The zero-order valence-corrected chi connectivity index (χ0v) is 11.2. The predicted octanol–water partition coefficient (Wildman–Crippen LogP) is 2.04. The summed E-state index contributed by atoms with van der Waals surface area (Å²) in [6.07, 6.45) is 3.16. The third-order valence-corrected chi connectivity index (χ3v) is 4.42. The van der Waals surface area contributed by atoms with E-state index in [4.69, 9.17) is 10.2 Å². The largest absolute Gasteiger partial charge is 0.477 e. The Kier molecular flexibility index (Phi) is 4.74. The summed E-state index contributed by atoms with van der Waals surface area (Å²) in [6.45, 7) is 2.96. The average molecular weight is 269 g/mol. The van der Waals surface area contributed by atoms with Crippen molar-refractivity contribution in [3.8, 4) is 0 Å². The molecule has 1 atom stereocenters. The van der Waals surface area contributed by atoms with Crippen molar-refractivity contribution >= 4 is 17.3 Å². The monoisotopic (exact) mass is 269 g/mol. The lowest BCUT2D eigenvalue weighted by Crippen LogP contribution is -2.35. The Bertz CT molecular complexity index is 403. The fourth-order valence-electron chi connectivity index (χ4n) is 2.60. The molecule has 0 saturated carbocycles. The van der Waals surface area contributed by atoms with Crippen LogP contribution >= 0.6 is 11.3 Å². The molecule has 100 valence electrons. The zero-order valence-electron chi connectivity index (χ0n) is 10.3. The Morgan fingerprint density at radius 3 is 3.11 bits per heavy atom. The Hall–Kier alpha value is -0.910. The molecule has 2 heterocycles. The van der Waals surface area contributed by atoms with Gasteiger partial charge in [-0.3, -0.25) is 4.90 Å². The van der Waals surface area contributed by atoms with Gasteiger partial charge < -0.3 is 10.2 Å². The molecule has 5 heteroatoms. The van der Waals surface area contributed by atoms with Gasteiger partial charge in [-0.05, 0) is 48.7 Å². The van der Waals surface area contributed by atoms with Gasteiger partial charge in [-0.25, -0.2) is 4.79 Å². The van der Waals surface area contributed by atoms with Crippen molar-refractivity contribution in [2.24, 2.45) is 5.92 Å². The Labute approximate surface area is 111 Å². The van der Waals surface area contributed by atoms with Crippen LogP contribution in [0.1, 0.15) is 34.5 Å². The van der Waals surface area contributed by atoms with Gasteiger partial charge in [-0.15, -0.1) is 11.3 Å². The van der Waals surface area contributed by atoms with E-state index in [2.05, 4.69) is 4.90 Å². The van der Waals surface area contributed by atoms with Gasteiger partial charge in [0.2, 0.25) is 0 Å². The van der Waals surface area contributed by atoms with Gasteiger partial charge in [-0.1, -0.05) is 0 Å². The zero-order chi connectivity index (χ0) is 13.0. The third kappa shape index (κ3) is 3.31. The van der Waals surface area contributed by atoms with Crippen LogP contribution in [0.2, 0.25) is 0 Å². The van der Waals surface area contributed by atoms with Crippen LogP contribution in [0, 0.1) is 5.92 Å². The van der Waals surface area contributed by atoms with E-state index in [1.807, 2.05) is 11.4 Å². The summed E-state index contributed by atoms with van der Waals surface area (Å²) in [4.78, 5) is 13.8. The smallest absolute Gasteiger partial charge is 0.346 e. The third-order valence-electron chi connectivity index (χ3n) is 3.48. The number of hydrogen-bond acceptors (Lipinski definition) is 4. The van der Waals surface area contributed by atoms with E-state index in [0.717, 1.165) is 31.5 Å². The van der Waals surface area contributed by atoms with Crippen LogP contribution < -0.4 is 0 Å². The van der Waals surface area contributed by atoms with E-state index in [0.29, 0.717) is 17.3 Å². The van der Waals surface area contributed by atoms with E-state index >= 15 is 0 Å². The fourth-order valence-corrected chi connectivity index (χ4v) is 3.36. The molecule has 1 aliphatic rings. The highest BCUT2D eigenvalue weighted by atomic mass is 32.1. The second-order valence-electron chi connectivity index (χ2n) is 4.84. The first-order valence-corrected chi connectivity index (χ1v) is 7.21. The number of likely N-dealkylation sites (tertiary alicyclic amines) is 1. The highest BCUT2D eigenvalue weighted by molar-refractivity contribution is 7.12. The minimum absolute atomic E-state index is 0.247. The Morgan fingerprint density at radius 2 is 2.39 bits per heavy atom. The number of nitrogens with zero attached hydrogens (tertiary/aromatic N) is 1. The van der Waals surface area contributed by atoms with E-state index in [1.54, 1.807) is 0 Å². The normalized spacial score (nSPS) is 21.1. The van der Waals surface area contributed by atoms with Crippen molar-refractivity contribution in [1.29, 1.82) is 0 Å².